The summed E-state index contributed by atoms with van der Waals surface area (Å²) in [4.78, 5) is 12.1. The van der Waals surface area contributed by atoms with E-state index < -0.39 is 0 Å². The van der Waals surface area contributed by atoms with Gasteiger partial charge in [-0.05, 0) is 91.4 Å². The standard InChI is InChI=1S/C22H30O4/c1-3-26-20(25)12-14-11-19(24)22(2)9-8-17-16-7-5-15(23)10-13(16)4-6-18(17)21(14)22/h5,7,10,14,17-19,21,23-24H,3-4,6,8-9,11-12H2,1-2H3/t14-,17-,18-,19+,21+,22-/m1/s1. The van der Waals surface area contributed by atoms with Gasteiger partial charge in [-0.15, -0.1) is 0 Å². The lowest BCUT2D eigenvalue weighted by atomic mass is 9.54. The van der Waals surface area contributed by atoms with Crippen LogP contribution in [0.3, 0.4) is 0 Å². The first-order valence-corrected chi connectivity index (χ1v) is 10.1. The fourth-order valence-corrected chi connectivity index (χ4v) is 6.47. The van der Waals surface area contributed by atoms with Crippen LogP contribution >= 0.6 is 0 Å². The van der Waals surface area contributed by atoms with E-state index in [1.54, 1.807) is 6.07 Å². The van der Waals surface area contributed by atoms with Crippen LogP contribution in [0.15, 0.2) is 18.2 Å². The lowest BCUT2D eigenvalue weighted by Gasteiger charge is -2.51. The van der Waals surface area contributed by atoms with Crippen LogP contribution in [-0.4, -0.2) is 28.9 Å². The van der Waals surface area contributed by atoms with Gasteiger partial charge in [-0.25, -0.2) is 0 Å². The van der Waals surface area contributed by atoms with Crippen molar-refractivity contribution in [1.82, 2.24) is 0 Å². The molecule has 3 aliphatic rings. The van der Waals surface area contributed by atoms with Gasteiger partial charge in [0.1, 0.15) is 5.75 Å². The second-order valence-electron chi connectivity index (χ2n) is 8.78. The van der Waals surface area contributed by atoms with Crippen LogP contribution in [-0.2, 0) is 16.0 Å². The number of carbonyl (C=O) groups is 1. The van der Waals surface area contributed by atoms with Gasteiger partial charge in [0.25, 0.3) is 0 Å². The lowest BCUT2D eigenvalue weighted by molar-refractivity contribution is -0.145. The Morgan fingerprint density at radius 3 is 2.92 bits per heavy atom. The van der Waals surface area contributed by atoms with Gasteiger partial charge in [-0.1, -0.05) is 13.0 Å². The molecule has 0 bridgehead atoms. The monoisotopic (exact) mass is 358 g/mol. The number of ether oxygens (including phenoxy) is 1. The molecule has 2 fully saturated rings. The molecule has 4 heteroatoms. The van der Waals surface area contributed by atoms with Gasteiger partial charge < -0.3 is 14.9 Å². The third kappa shape index (κ3) is 2.74. The van der Waals surface area contributed by atoms with Crippen molar-refractivity contribution in [2.24, 2.45) is 23.2 Å². The maximum absolute atomic E-state index is 12.1. The predicted molar refractivity (Wildman–Crippen MR) is 98.9 cm³/mol. The maximum atomic E-state index is 12.1. The number of carbonyl (C=O) groups excluding carboxylic acids is 1. The minimum atomic E-state index is -0.325. The highest BCUT2D eigenvalue weighted by Crippen LogP contribution is 2.63. The van der Waals surface area contributed by atoms with Crippen molar-refractivity contribution in [3.63, 3.8) is 0 Å². The second kappa shape index (κ2) is 6.56. The Bertz CT molecular complexity index is 699. The summed E-state index contributed by atoms with van der Waals surface area (Å²) in [5, 5.41) is 20.7. The molecule has 4 rings (SSSR count). The third-order valence-electron chi connectivity index (χ3n) is 7.54. The molecule has 0 heterocycles. The van der Waals surface area contributed by atoms with E-state index in [9.17, 15) is 15.0 Å². The summed E-state index contributed by atoms with van der Waals surface area (Å²) in [5.41, 5.74) is 2.56. The van der Waals surface area contributed by atoms with Gasteiger partial charge in [0, 0.05) is 6.42 Å². The molecule has 3 aliphatic carbocycles. The molecule has 0 amide bonds. The first-order valence-electron chi connectivity index (χ1n) is 10.1. The Hall–Kier alpha value is -1.55. The molecule has 0 radical (unpaired) electrons. The molecule has 1 aromatic rings. The number of rotatable bonds is 3. The molecule has 4 nitrogen and oxygen atoms in total. The van der Waals surface area contributed by atoms with E-state index in [0.29, 0.717) is 43.0 Å². The molecule has 0 saturated heterocycles. The average Bonchev–Trinajstić information content (AvgIpc) is 2.85. The Morgan fingerprint density at radius 1 is 1.35 bits per heavy atom. The summed E-state index contributed by atoms with van der Waals surface area (Å²) in [5.74, 6) is 1.77. The van der Waals surface area contributed by atoms with Crippen LogP contribution in [0.5, 0.6) is 5.75 Å². The number of aliphatic hydroxyl groups is 1. The van der Waals surface area contributed by atoms with E-state index in [4.69, 9.17) is 4.74 Å². The normalized spacial score (nSPS) is 38.2. The quantitative estimate of drug-likeness (QED) is 0.807. The highest BCUT2D eigenvalue weighted by molar-refractivity contribution is 5.69. The van der Waals surface area contributed by atoms with Gasteiger partial charge >= 0.3 is 5.97 Å². The number of esters is 1. The zero-order chi connectivity index (χ0) is 18.5. The molecule has 0 spiro atoms. The summed E-state index contributed by atoms with van der Waals surface area (Å²) in [6, 6.07) is 5.81. The Kier molecular flexibility index (Phi) is 4.50. The van der Waals surface area contributed by atoms with E-state index in [1.165, 1.54) is 11.1 Å². The van der Waals surface area contributed by atoms with Crippen molar-refractivity contribution in [1.29, 1.82) is 0 Å². The fourth-order valence-electron chi connectivity index (χ4n) is 6.47. The SMILES string of the molecule is CCOC(=O)C[C@H]1C[C@H](O)[C@@]2(C)CC[C@@H]3c4ccc(O)cc4CC[C@H]3[C@H]12. The molecule has 0 unspecified atom stereocenters. The summed E-state index contributed by atoms with van der Waals surface area (Å²) >= 11 is 0. The second-order valence-corrected chi connectivity index (χ2v) is 8.78. The van der Waals surface area contributed by atoms with Crippen molar-refractivity contribution in [2.75, 3.05) is 6.61 Å². The zero-order valence-corrected chi connectivity index (χ0v) is 15.8. The third-order valence-corrected chi connectivity index (χ3v) is 7.54. The average molecular weight is 358 g/mol. The molecule has 142 valence electrons. The number of aliphatic hydroxyl groups excluding tert-OH is 1. The predicted octanol–water partition coefficient (Wildman–Crippen LogP) is 3.79. The van der Waals surface area contributed by atoms with Gasteiger partial charge in [-0.2, -0.15) is 0 Å². The number of hydrogen-bond donors (Lipinski definition) is 2. The number of phenols is 1. The van der Waals surface area contributed by atoms with Crippen molar-refractivity contribution in [2.45, 2.75) is 64.4 Å². The minimum Gasteiger partial charge on any atom is -0.508 e. The van der Waals surface area contributed by atoms with Gasteiger partial charge in [0.2, 0.25) is 0 Å². The molecule has 2 N–H and O–H groups in total. The van der Waals surface area contributed by atoms with Gasteiger partial charge in [-0.3, -0.25) is 4.79 Å². The van der Waals surface area contributed by atoms with Crippen LogP contribution in [0.2, 0.25) is 0 Å². The number of aryl methyl sites for hydroxylation is 1. The van der Waals surface area contributed by atoms with E-state index in [2.05, 4.69) is 13.0 Å². The van der Waals surface area contributed by atoms with Crippen LogP contribution in [0.4, 0.5) is 0 Å². The van der Waals surface area contributed by atoms with Crippen molar-refractivity contribution in [3.8, 4) is 5.75 Å². The number of benzene rings is 1. The maximum Gasteiger partial charge on any atom is 0.306 e. The smallest absolute Gasteiger partial charge is 0.306 e. The highest BCUT2D eigenvalue weighted by Gasteiger charge is 2.58. The van der Waals surface area contributed by atoms with E-state index in [-0.39, 0.29) is 23.4 Å². The molecular formula is C22H30O4. The zero-order valence-electron chi connectivity index (χ0n) is 15.8. The topological polar surface area (TPSA) is 66.8 Å². The van der Waals surface area contributed by atoms with Crippen LogP contribution in [0.1, 0.15) is 63.0 Å². The first-order chi connectivity index (χ1) is 12.4. The molecule has 0 aromatic heterocycles. The fraction of sp³-hybridized carbons (Fsp3) is 0.682. The molecule has 0 aliphatic heterocycles. The van der Waals surface area contributed by atoms with E-state index >= 15 is 0 Å². The highest BCUT2D eigenvalue weighted by atomic mass is 16.5. The minimum absolute atomic E-state index is 0.0905. The number of hydrogen-bond acceptors (Lipinski definition) is 4. The van der Waals surface area contributed by atoms with Crippen LogP contribution in [0, 0.1) is 23.2 Å². The summed E-state index contributed by atoms with van der Waals surface area (Å²) in [6.07, 6.45) is 4.95. The van der Waals surface area contributed by atoms with Crippen molar-refractivity contribution < 1.29 is 19.7 Å². The van der Waals surface area contributed by atoms with Gasteiger partial charge in [0.15, 0.2) is 0 Å². The largest absolute Gasteiger partial charge is 0.508 e. The van der Waals surface area contributed by atoms with E-state index in [1.807, 2.05) is 13.0 Å². The lowest BCUT2D eigenvalue weighted by Crippen LogP contribution is -2.45. The Labute approximate surface area is 155 Å². The van der Waals surface area contributed by atoms with Crippen LogP contribution in [0.25, 0.3) is 0 Å². The molecular weight excluding hydrogens is 328 g/mol. The number of phenolic OH excluding ortho intramolecular Hbond substituents is 1. The van der Waals surface area contributed by atoms with Crippen molar-refractivity contribution in [3.05, 3.63) is 29.3 Å². The summed E-state index contributed by atoms with van der Waals surface area (Å²) in [7, 11) is 0. The molecule has 26 heavy (non-hydrogen) atoms. The van der Waals surface area contributed by atoms with Crippen LogP contribution < -0.4 is 0 Å². The summed E-state index contributed by atoms with van der Waals surface area (Å²) < 4.78 is 5.21. The van der Waals surface area contributed by atoms with Gasteiger partial charge in [0.05, 0.1) is 12.7 Å². The first kappa shape index (κ1) is 17.8. The number of aromatic hydroxyl groups is 1. The van der Waals surface area contributed by atoms with E-state index in [0.717, 1.165) is 25.7 Å². The van der Waals surface area contributed by atoms with Crippen molar-refractivity contribution >= 4 is 5.97 Å². The molecule has 2 saturated carbocycles. The number of fused-ring (bicyclic) bond motifs is 5. The Balaban J connectivity index is 1.64. The molecule has 1 aromatic carbocycles. The summed E-state index contributed by atoms with van der Waals surface area (Å²) in [6.45, 7) is 4.49. The molecule has 6 atom stereocenters. The Morgan fingerprint density at radius 2 is 2.15 bits per heavy atom.